The third-order valence-corrected chi connectivity index (χ3v) is 2.22. The van der Waals surface area contributed by atoms with Gasteiger partial charge in [-0.3, -0.25) is 4.79 Å². The molecule has 1 fully saturated rings. The Morgan fingerprint density at radius 3 is 2.88 bits per heavy atom. The summed E-state index contributed by atoms with van der Waals surface area (Å²) < 4.78 is 0. The van der Waals surface area contributed by atoms with Gasteiger partial charge in [0.2, 0.25) is 5.95 Å². The van der Waals surface area contributed by atoms with Crippen LogP contribution in [0, 0.1) is 0 Å². The highest BCUT2D eigenvalue weighted by Crippen LogP contribution is 2.19. The lowest BCUT2D eigenvalue weighted by Crippen LogP contribution is -2.26. The van der Waals surface area contributed by atoms with Crippen molar-refractivity contribution in [1.29, 1.82) is 0 Å². The Morgan fingerprint density at radius 1 is 1.50 bits per heavy atom. The largest absolute Gasteiger partial charge is 0.352 e. The maximum absolute atomic E-state index is 11.7. The molecule has 0 radical (unpaired) electrons. The van der Waals surface area contributed by atoms with Crippen molar-refractivity contribution in [2.45, 2.75) is 38.8 Å². The van der Waals surface area contributed by atoms with Gasteiger partial charge in [-0.2, -0.15) is 0 Å². The van der Waals surface area contributed by atoms with E-state index in [1.54, 1.807) is 12.3 Å². The molecule has 1 aromatic rings. The van der Waals surface area contributed by atoms with Crippen molar-refractivity contribution in [3.05, 3.63) is 18.0 Å². The number of hydrogen-bond donors (Lipinski definition) is 2. The molecule has 5 nitrogen and oxygen atoms in total. The standard InChI is InChI=1S/C11H16N4O/c1-7(2)13-11-12-6-5-9(15-11)10(16)14-8-3-4-8/h5-8H,3-4H2,1-2H3,(H,14,16)(H,12,13,15). The molecule has 1 aliphatic carbocycles. The molecule has 0 atom stereocenters. The predicted octanol–water partition coefficient (Wildman–Crippen LogP) is 1.19. The molecule has 0 bridgehead atoms. The van der Waals surface area contributed by atoms with Crippen LogP contribution in [0.15, 0.2) is 12.3 Å². The van der Waals surface area contributed by atoms with Gasteiger partial charge in [0.1, 0.15) is 5.69 Å². The van der Waals surface area contributed by atoms with Crippen LogP contribution in [0.25, 0.3) is 0 Å². The summed E-state index contributed by atoms with van der Waals surface area (Å²) in [4.78, 5) is 19.9. The highest BCUT2D eigenvalue weighted by Gasteiger charge is 2.24. The van der Waals surface area contributed by atoms with Crippen molar-refractivity contribution >= 4 is 11.9 Å². The summed E-state index contributed by atoms with van der Waals surface area (Å²) in [5, 5.41) is 5.96. The third kappa shape index (κ3) is 2.92. The van der Waals surface area contributed by atoms with Gasteiger partial charge in [-0.1, -0.05) is 0 Å². The second-order valence-corrected chi connectivity index (χ2v) is 4.31. The molecule has 1 saturated carbocycles. The van der Waals surface area contributed by atoms with Crippen LogP contribution in [-0.4, -0.2) is 28.0 Å². The van der Waals surface area contributed by atoms with Crippen molar-refractivity contribution in [2.24, 2.45) is 0 Å². The van der Waals surface area contributed by atoms with E-state index in [2.05, 4.69) is 20.6 Å². The lowest BCUT2D eigenvalue weighted by molar-refractivity contribution is 0.0946. The topological polar surface area (TPSA) is 66.9 Å². The molecular formula is C11H16N4O. The Morgan fingerprint density at radius 2 is 2.25 bits per heavy atom. The van der Waals surface area contributed by atoms with Gasteiger partial charge < -0.3 is 10.6 Å². The normalized spacial score (nSPS) is 14.9. The number of anilines is 1. The first-order chi connectivity index (χ1) is 7.65. The average Bonchev–Trinajstić information content (AvgIpc) is 3.01. The van der Waals surface area contributed by atoms with E-state index in [9.17, 15) is 4.79 Å². The fraction of sp³-hybridized carbons (Fsp3) is 0.545. The number of carbonyl (C=O) groups excluding carboxylic acids is 1. The SMILES string of the molecule is CC(C)Nc1nccc(C(=O)NC2CC2)n1. The molecule has 16 heavy (non-hydrogen) atoms. The molecule has 2 rings (SSSR count). The fourth-order valence-electron chi connectivity index (χ4n) is 1.30. The average molecular weight is 220 g/mol. The fourth-order valence-corrected chi connectivity index (χ4v) is 1.30. The smallest absolute Gasteiger partial charge is 0.270 e. The van der Waals surface area contributed by atoms with Gasteiger partial charge in [-0.15, -0.1) is 0 Å². The Bertz CT molecular complexity index is 387. The van der Waals surface area contributed by atoms with Crippen LogP contribution in [0.5, 0.6) is 0 Å². The molecule has 0 aliphatic heterocycles. The van der Waals surface area contributed by atoms with Gasteiger partial charge >= 0.3 is 0 Å². The van der Waals surface area contributed by atoms with Crippen LogP contribution in [0.3, 0.4) is 0 Å². The molecule has 86 valence electrons. The lowest BCUT2D eigenvalue weighted by Gasteiger charge is -2.08. The zero-order valence-corrected chi connectivity index (χ0v) is 9.53. The monoisotopic (exact) mass is 220 g/mol. The minimum atomic E-state index is -0.114. The summed E-state index contributed by atoms with van der Waals surface area (Å²) >= 11 is 0. The molecule has 1 heterocycles. The van der Waals surface area contributed by atoms with Gasteiger partial charge in [0.15, 0.2) is 0 Å². The summed E-state index contributed by atoms with van der Waals surface area (Å²) in [5.41, 5.74) is 0.421. The lowest BCUT2D eigenvalue weighted by atomic mass is 10.3. The van der Waals surface area contributed by atoms with E-state index in [-0.39, 0.29) is 11.9 Å². The zero-order valence-electron chi connectivity index (χ0n) is 9.53. The highest BCUT2D eigenvalue weighted by atomic mass is 16.2. The van der Waals surface area contributed by atoms with E-state index in [4.69, 9.17) is 0 Å². The third-order valence-electron chi connectivity index (χ3n) is 2.22. The molecule has 0 saturated heterocycles. The maximum Gasteiger partial charge on any atom is 0.270 e. The molecule has 0 spiro atoms. The second-order valence-electron chi connectivity index (χ2n) is 4.31. The van der Waals surface area contributed by atoms with E-state index < -0.39 is 0 Å². The summed E-state index contributed by atoms with van der Waals surface area (Å²) in [7, 11) is 0. The van der Waals surface area contributed by atoms with Gasteiger partial charge in [0, 0.05) is 18.3 Å². The quantitative estimate of drug-likeness (QED) is 0.799. The van der Waals surface area contributed by atoms with Crippen molar-refractivity contribution in [3.8, 4) is 0 Å². The Hall–Kier alpha value is -1.65. The number of hydrogen-bond acceptors (Lipinski definition) is 4. The van der Waals surface area contributed by atoms with Crippen LogP contribution < -0.4 is 10.6 Å². The Kier molecular flexibility index (Phi) is 3.03. The zero-order chi connectivity index (χ0) is 11.5. The summed E-state index contributed by atoms with van der Waals surface area (Å²) in [5.74, 6) is 0.384. The van der Waals surface area contributed by atoms with Gasteiger partial charge in [-0.25, -0.2) is 9.97 Å². The van der Waals surface area contributed by atoms with Gasteiger partial charge in [0.25, 0.3) is 5.91 Å². The van der Waals surface area contributed by atoms with E-state index >= 15 is 0 Å². The summed E-state index contributed by atoms with van der Waals surface area (Å²) in [6.07, 6.45) is 3.75. The minimum Gasteiger partial charge on any atom is -0.352 e. The second kappa shape index (κ2) is 4.47. The minimum absolute atomic E-state index is 0.114. The molecular weight excluding hydrogens is 204 g/mol. The van der Waals surface area contributed by atoms with Crippen LogP contribution in [0.4, 0.5) is 5.95 Å². The molecule has 2 N–H and O–H groups in total. The number of aromatic nitrogens is 2. The molecule has 5 heteroatoms. The number of carbonyl (C=O) groups is 1. The van der Waals surface area contributed by atoms with Gasteiger partial charge in [0.05, 0.1) is 0 Å². The van der Waals surface area contributed by atoms with Crippen molar-refractivity contribution in [1.82, 2.24) is 15.3 Å². The van der Waals surface area contributed by atoms with E-state index in [1.165, 1.54) is 0 Å². The number of rotatable bonds is 4. The molecule has 0 aromatic carbocycles. The summed E-state index contributed by atoms with van der Waals surface area (Å²) in [6.45, 7) is 4.00. The van der Waals surface area contributed by atoms with Crippen LogP contribution >= 0.6 is 0 Å². The summed E-state index contributed by atoms with van der Waals surface area (Å²) in [6, 6.07) is 2.23. The first-order valence-electron chi connectivity index (χ1n) is 5.55. The predicted molar refractivity (Wildman–Crippen MR) is 61.3 cm³/mol. The maximum atomic E-state index is 11.7. The van der Waals surface area contributed by atoms with E-state index in [1.807, 2.05) is 13.8 Å². The van der Waals surface area contributed by atoms with Crippen molar-refractivity contribution in [2.75, 3.05) is 5.32 Å². The number of amides is 1. The molecule has 0 unspecified atom stereocenters. The van der Waals surface area contributed by atoms with Crippen molar-refractivity contribution in [3.63, 3.8) is 0 Å². The van der Waals surface area contributed by atoms with E-state index in [0.29, 0.717) is 17.7 Å². The van der Waals surface area contributed by atoms with Gasteiger partial charge in [-0.05, 0) is 32.8 Å². The molecule has 1 aromatic heterocycles. The van der Waals surface area contributed by atoms with E-state index in [0.717, 1.165) is 12.8 Å². The number of nitrogens with one attached hydrogen (secondary N) is 2. The molecule has 1 amide bonds. The highest BCUT2D eigenvalue weighted by molar-refractivity contribution is 5.92. The van der Waals surface area contributed by atoms with Crippen LogP contribution in [0.2, 0.25) is 0 Å². The van der Waals surface area contributed by atoms with Crippen LogP contribution in [-0.2, 0) is 0 Å². The molecule has 1 aliphatic rings. The number of nitrogens with zero attached hydrogens (tertiary/aromatic N) is 2. The first-order valence-corrected chi connectivity index (χ1v) is 5.55. The first kappa shape index (κ1) is 10.9. The van der Waals surface area contributed by atoms with Crippen LogP contribution in [0.1, 0.15) is 37.2 Å². The van der Waals surface area contributed by atoms with Crippen molar-refractivity contribution < 1.29 is 4.79 Å². The Balaban J connectivity index is 2.04. The Labute approximate surface area is 94.7 Å².